The number of aldehydes is 1. The van der Waals surface area contributed by atoms with E-state index in [2.05, 4.69) is 10.6 Å². The molecule has 4 amide bonds. The molecule has 0 saturated heterocycles. The molecule has 2 rings (SSSR count). The van der Waals surface area contributed by atoms with Gasteiger partial charge in [0, 0.05) is 0 Å². The van der Waals surface area contributed by atoms with Crippen molar-refractivity contribution in [2.75, 3.05) is 0 Å². The van der Waals surface area contributed by atoms with Crippen LogP contribution >= 0.6 is 0 Å². The highest BCUT2D eigenvalue weighted by molar-refractivity contribution is 6.03. The first-order valence-corrected chi connectivity index (χ1v) is 13.8. The van der Waals surface area contributed by atoms with Crippen molar-refractivity contribution in [2.24, 2.45) is 11.8 Å². The smallest absolute Gasteiger partial charge is 0.408 e. The number of nitrogens with zero attached hydrogens (tertiary/aromatic N) is 1. The average molecular weight is 568 g/mol. The molecule has 0 heterocycles. The second-order valence-electron chi connectivity index (χ2n) is 10.7. The standard InChI is InChI=1S/C31H41N3O7/c1-21(2)16-26(32-30(38)40-19-24-12-8-6-9-13-24)28(36)34(23(5)18-35)29(37)27(17-22(3)4)33-31(39)41-20-25-14-10-7-11-15-25/h6-15,18,21-23,26-27H,16-17,19-20H2,1-5H3,(H,32,38)(H,33,39)/t23-,26-,27-/m0/s1. The fourth-order valence-electron chi connectivity index (χ4n) is 4.11. The maximum absolute atomic E-state index is 13.7. The Hall–Kier alpha value is -4.21. The Balaban J connectivity index is 2.20. The molecule has 41 heavy (non-hydrogen) atoms. The second-order valence-corrected chi connectivity index (χ2v) is 10.7. The molecule has 0 aromatic heterocycles. The van der Waals surface area contributed by atoms with E-state index in [1.54, 1.807) is 24.3 Å². The largest absolute Gasteiger partial charge is 0.445 e. The van der Waals surface area contributed by atoms with E-state index in [1.165, 1.54) is 6.92 Å². The summed E-state index contributed by atoms with van der Waals surface area (Å²) in [4.78, 5) is 65.4. The molecule has 0 aliphatic carbocycles. The number of rotatable bonds is 14. The molecule has 0 aliphatic rings. The van der Waals surface area contributed by atoms with Crippen LogP contribution in [0.1, 0.15) is 58.6 Å². The molecule has 0 unspecified atom stereocenters. The van der Waals surface area contributed by atoms with E-state index in [1.807, 2.05) is 64.1 Å². The van der Waals surface area contributed by atoms with Crippen LogP contribution in [0.3, 0.4) is 0 Å². The average Bonchev–Trinajstić information content (AvgIpc) is 2.94. The van der Waals surface area contributed by atoms with Crippen molar-refractivity contribution in [1.82, 2.24) is 15.5 Å². The fraction of sp³-hybridized carbons (Fsp3) is 0.452. The molecule has 0 bridgehead atoms. The summed E-state index contributed by atoms with van der Waals surface area (Å²) in [6.07, 6.45) is -0.817. The lowest BCUT2D eigenvalue weighted by molar-refractivity contribution is -0.152. The molecule has 2 aromatic carbocycles. The van der Waals surface area contributed by atoms with Crippen molar-refractivity contribution < 1.29 is 33.4 Å². The van der Waals surface area contributed by atoms with Crippen LogP contribution in [0.25, 0.3) is 0 Å². The SMILES string of the molecule is CC(C)C[C@H](NC(=O)OCc1ccccc1)C(=O)N(C(=O)[C@H](CC(C)C)NC(=O)OCc1ccccc1)[C@@H](C)C=O. The summed E-state index contributed by atoms with van der Waals surface area (Å²) in [6, 6.07) is 14.7. The number of benzene rings is 2. The van der Waals surface area contributed by atoms with Crippen molar-refractivity contribution in [2.45, 2.75) is 78.8 Å². The van der Waals surface area contributed by atoms with E-state index >= 15 is 0 Å². The van der Waals surface area contributed by atoms with Gasteiger partial charge in [-0.1, -0.05) is 88.4 Å². The van der Waals surface area contributed by atoms with Gasteiger partial charge in [0.25, 0.3) is 11.8 Å². The molecular weight excluding hydrogens is 526 g/mol. The number of imide groups is 1. The van der Waals surface area contributed by atoms with Crippen molar-refractivity contribution in [3.8, 4) is 0 Å². The van der Waals surface area contributed by atoms with E-state index in [4.69, 9.17) is 9.47 Å². The van der Waals surface area contributed by atoms with Gasteiger partial charge < -0.3 is 24.9 Å². The summed E-state index contributed by atoms with van der Waals surface area (Å²) < 4.78 is 10.6. The molecule has 0 radical (unpaired) electrons. The lowest BCUT2D eigenvalue weighted by atomic mass is 9.99. The summed E-state index contributed by atoms with van der Waals surface area (Å²) >= 11 is 0. The number of hydrogen-bond donors (Lipinski definition) is 2. The topological polar surface area (TPSA) is 131 Å². The maximum Gasteiger partial charge on any atom is 0.408 e. The molecule has 3 atom stereocenters. The van der Waals surface area contributed by atoms with Gasteiger partial charge in [0.2, 0.25) is 0 Å². The zero-order chi connectivity index (χ0) is 30.4. The predicted octanol–water partition coefficient (Wildman–Crippen LogP) is 4.61. The summed E-state index contributed by atoms with van der Waals surface area (Å²) in [7, 11) is 0. The zero-order valence-electron chi connectivity index (χ0n) is 24.4. The Morgan fingerprint density at radius 2 is 1.05 bits per heavy atom. The van der Waals surface area contributed by atoms with E-state index in [0.717, 1.165) is 16.0 Å². The van der Waals surface area contributed by atoms with Crippen LogP contribution in [-0.4, -0.2) is 53.3 Å². The van der Waals surface area contributed by atoms with Gasteiger partial charge in [-0.15, -0.1) is 0 Å². The van der Waals surface area contributed by atoms with Crippen molar-refractivity contribution in [1.29, 1.82) is 0 Å². The molecule has 0 saturated carbocycles. The first kappa shape index (κ1) is 33.0. The van der Waals surface area contributed by atoms with Gasteiger partial charge in [0.05, 0.1) is 6.04 Å². The summed E-state index contributed by atoms with van der Waals surface area (Å²) in [5.74, 6) is -1.62. The van der Waals surface area contributed by atoms with E-state index in [0.29, 0.717) is 6.29 Å². The minimum Gasteiger partial charge on any atom is -0.445 e. The minimum absolute atomic E-state index is 0.00583. The first-order valence-electron chi connectivity index (χ1n) is 13.8. The first-order chi connectivity index (χ1) is 19.5. The zero-order valence-corrected chi connectivity index (χ0v) is 24.4. The molecule has 0 fully saturated rings. The number of ether oxygens (including phenoxy) is 2. The Bertz CT molecular complexity index is 1060. The molecule has 10 nitrogen and oxygen atoms in total. The number of alkyl carbamates (subject to hydrolysis) is 2. The molecule has 222 valence electrons. The highest BCUT2D eigenvalue weighted by atomic mass is 16.6. The highest BCUT2D eigenvalue weighted by Crippen LogP contribution is 2.16. The van der Waals surface area contributed by atoms with Crippen LogP contribution in [0.2, 0.25) is 0 Å². The number of carbonyl (C=O) groups excluding carboxylic acids is 5. The van der Waals surface area contributed by atoms with Crippen LogP contribution < -0.4 is 10.6 Å². The Kier molecular flexibility index (Phi) is 13.5. The van der Waals surface area contributed by atoms with Gasteiger partial charge in [0.15, 0.2) is 0 Å². The molecule has 2 N–H and O–H groups in total. The normalized spacial score (nSPS) is 13.0. The van der Waals surface area contributed by atoms with Gasteiger partial charge in [-0.25, -0.2) is 9.59 Å². The highest BCUT2D eigenvalue weighted by Gasteiger charge is 2.38. The van der Waals surface area contributed by atoms with Gasteiger partial charge in [-0.05, 0) is 42.7 Å². The van der Waals surface area contributed by atoms with Gasteiger partial charge in [0.1, 0.15) is 31.6 Å². The monoisotopic (exact) mass is 567 g/mol. The van der Waals surface area contributed by atoms with Crippen LogP contribution in [0, 0.1) is 11.8 Å². The Morgan fingerprint density at radius 1 is 0.683 bits per heavy atom. The van der Waals surface area contributed by atoms with Crippen LogP contribution in [-0.2, 0) is 37.1 Å². The number of carbonyl (C=O) groups is 5. The van der Waals surface area contributed by atoms with Crippen LogP contribution in [0.15, 0.2) is 60.7 Å². The third-order valence-corrected chi connectivity index (χ3v) is 6.10. The molecule has 2 aromatic rings. The van der Waals surface area contributed by atoms with Gasteiger partial charge in [-0.2, -0.15) is 0 Å². The summed E-state index contributed by atoms with van der Waals surface area (Å²) in [5, 5.41) is 5.12. The molecular formula is C31H41N3O7. The van der Waals surface area contributed by atoms with Gasteiger partial charge in [-0.3, -0.25) is 14.5 Å². The maximum atomic E-state index is 13.7. The number of nitrogens with one attached hydrogen (secondary N) is 2. The Labute approximate surface area is 241 Å². The lowest BCUT2D eigenvalue weighted by Gasteiger charge is -2.32. The third kappa shape index (κ3) is 11.4. The minimum atomic E-state index is -1.15. The molecule has 0 spiro atoms. The van der Waals surface area contributed by atoms with E-state index in [9.17, 15) is 24.0 Å². The molecule has 10 heteroatoms. The summed E-state index contributed by atoms with van der Waals surface area (Å²) in [6.45, 7) is 8.83. The lowest BCUT2D eigenvalue weighted by Crippen LogP contribution is -2.59. The van der Waals surface area contributed by atoms with Crippen LogP contribution in [0.4, 0.5) is 9.59 Å². The second kappa shape index (κ2) is 16.8. The number of amides is 4. The number of hydrogen-bond acceptors (Lipinski definition) is 7. The quantitative estimate of drug-likeness (QED) is 0.319. The van der Waals surface area contributed by atoms with E-state index < -0.39 is 42.1 Å². The molecule has 0 aliphatic heterocycles. The third-order valence-electron chi connectivity index (χ3n) is 6.10. The summed E-state index contributed by atoms with van der Waals surface area (Å²) in [5.41, 5.74) is 1.53. The van der Waals surface area contributed by atoms with E-state index in [-0.39, 0.29) is 37.9 Å². The van der Waals surface area contributed by atoms with Crippen LogP contribution in [0.5, 0.6) is 0 Å². The van der Waals surface area contributed by atoms with Gasteiger partial charge >= 0.3 is 12.2 Å². The fourth-order valence-corrected chi connectivity index (χ4v) is 4.11. The van der Waals surface area contributed by atoms with Crippen molar-refractivity contribution >= 4 is 30.3 Å². The van der Waals surface area contributed by atoms with Crippen molar-refractivity contribution in [3.63, 3.8) is 0 Å². The predicted molar refractivity (Wildman–Crippen MR) is 153 cm³/mol. The van der Waals surface area contributed by atoms with Crippen molar-refractivity contribution in [3.05, 3.63) is 71.8 Å². The Morgan fingerprint density at radius 3 is 1.37 bits per heavy atom.